The smallest absolute Gasteiger partial charge is 0.326 e. The fraction of sp³-hybridized carbons (Fsp3) is 0.333. The molecule has 0 aliphatic rings. The molecule has 7 nitrogen and oxygen atoms in total. The third-order valence-corrected chi connectivity index (χ3v) is 2.41. The predicted molar refractivity (Wildman–Crippen MR) is 64.7 cm³/mol. The Kier molecular flexibility index (Phi) is 4.99. The maximum Gasteiger partial charge on any atom is 0.326 e. The zero-order valence-corrected chi connectivity index (χ0v) is 10.3. The quantitative estimate of drug-likeness (QED) is 0.687. The molecule has 102 valence electrons. The number of aryl methyl sites for hydroxylation is 1. The lowest BCUT2D eigenvalue weighted by molar-refractivity contribution is -0.140. The van der Waals surface area contributed by atoms with Crippen molar-refractivity contribution in [2.24, 2.45) is 0 Å². The second kappa shape index (κ2) is 6.48. The SMILES string of the molecule is Cc1cc(C(=O)NC(CCC(=O)O)C(=O)O)ccn1. The summed E-state index contributed by atoms with van der Waals surface area (Å²) in [5, 5.41) is 19.7. The molecule has 7 heteroatoms. The highest BCUT2D eigenvalue weighted by molar-refractivity contribution is 5.96. The minimum Gasteiger partial charge on any atom is -0.481 e. The average molecular weight is 266 g/mol. The fourth-order valence-electron chi connectivity index (χ4n) is 1.45. The van der Waals surface area contributed by atoms with Gasteiger partial charge in [-0.25, -0.2) is 4.79 Å². The van der Waals surface area contributed by atoms with Crippen LogP contribution in [0.4, 0.5) is 0 Å². The van der Waals surface area contributed by atoms with Crippen LogP contribution in [0, 0.1) is 6.92 Å². The molecule has 0 bridgehead atoms. The predicted octanol–water partition coefficient (Wildman–Crippen LogP) is 0.438. The van der Waals surface area contributed by atoms with E-state index in [1.807, 2.05) is 0 Å². The minimum atomic E-state index is -1.26. The first kappa shape index (κ1) is 14.6. The largest absolute Gasteiger partial charge is 0.481 e. The Hall–Kier alpha value is -2.44. The van der Waals surface area contributed by atoms with Crippen LogP contribution in [-0.4, -0.2) is 39.1 Å². The van der Waals surface area contributed by atoms with Gasteiger partial charge in [0.05, 0.1) is 0 Å². The van der Waals surface area contributed by atoms with Gasteiger partial charge in [-0.3, -0.25) is 14.6 Å². The highest BCUT2D eigenvalue weighted by Crippen LogP contribution is 2.04. The molecule has 1 unspecified atom stereocenters. The molecule has 0 saturated carbocycles. The lowest BCUT2D eigenvalue weighted by Gasteiger charge is -2.13. The lowest BCUT2D eigenvalue weighted by Crippen LogP contribution is -2.41. The summed E-state index contributed by atoms with van der Waals surface area (Å²) in [4.78, 5) is 37.1. The lowest BCUT2D eigenvalue weighted by atomic mass is 10.1. The maximum atomic E-state index is 11.8. The van der Waals surface area contributed by atoms with Gasteiger partial charge in [0.15, 0.2) is 0 Å². The number of carbonyl (C=O) groups is 3. The second-order valence-electron chi connectivity index (χ2n) is 3.98. The van der Waals surface area contributed by atoms with E-state index in [4.69, 9.17) is 10.2 Å². The Balaban J connectivity index is 2.71. The number of rotatable bonds is 6. The van der Waals surface area contributed by atoms with Gasteiger partial charge >= 0.3 is 11.9 Å². The van der Waals surface area contributed by atoms with Gasteiger partial charge < -0.3 is 15.5 Å². The van der Waals surface area contributed by atoms with Crippen molar-refractivity contribution < 1.29 is 24.6 Å². The van der Waals surface area contributed by atoms with E-state index in [0.29, 0.717) is 5.69 Å². The van der Waals surface area contributed by atoms with Crippen molar-refractivity contribution in [3.63, 3.8) is 0 Å². The maximum absolute atomic E-state index is 11.8. The van der Waals surface area contributed by atoms with Crippen LogP contribution in [0.3, 0.4) is 0 Å². The van der Waals surface area contributed by atoms with Crippen molar-refractivity contribution in [2.75, 3.05) is 0 Å². The van der Waals surface area contributed by atoms with Gasteiger partial charge in [0.1, 0.15) is 6.04 Å². The summed E-state index contributed by atoms with van der Waals surface area (Å²) in [6.45, 7) is 1.70. The molecule has 0 fully saturated rings. The number of nitrogens with zero attached hydrogens (tertiary/aromatic N) is 1. The minimum absolute atomic E-state index is 0.166. The number of pyridine rings is 1. The first-order valence-electron chi connectivity index (χ1n) is 5.58. The Bertz CT molecular complexity index is 501. The molecular formula is C12H14N2O5. The Morgan fingerprint density at radius 3 is 2.58 bits per heavy atom. The molecule has 1 amide bonds. The molecule has 1 rings (SSSR count). The van der Waals surface area contributed by atoms with E-state index in [9.17, 15) is 14.4 Å². The van der Waals surface area contributed by atoms with Crippen LogP contribution in [-0.2, 0) is 9.59 Å². The van der Waals surface area contributed by atoms with Crippen LogP contribution in [0.5, 0.6) is 0 Å². The zero-order valence-electron chi connectivity index (χ0n) is 10.3. The molecule has 0 aliphatic carbocycles. The summed E-state index contributed by atoms with van der Waals surface area (Å²) in [6.07, 6.45) is 0.949. The van der Waals surface area contributed by atoms with E-state index in [2.05, 4.69) is 10.3 Å². The van der Waals surface area contributed by atoms with Crippen LogP contribution < -0.4 is 5.32 Å². The Morgan fingerprint density at radius 1 is 1.37 bits per heavy atom. The van der Waals surface area contributed by atoms with Crippen molar-refractivity contribution in [3.05, 3.63) is 29.6 Å². The van der Waals surface area contributed by atoms with Gasteiger partial charge in [0, 0.05) is 23.9 Å². The summed E-state index contributed by atoms with van der Waals surface area (Å²) >= 11 is 0. The molecule has 0 radical (unpaired) electrons. The van der Waals surface area contributed by atoms with Crippen LogP contribution in [0.1, 0.15) is 28.9 Å². The van der Waals surface area contributed by atoms with E-state index < -0.39 is 23.9 Å². The molecule has 0 spiro atoms. The number of carboxylic acids is 2. The van der Waals surface area contributed by atoms with Gasteiger partial charge in [0.25, 0.3) is 5.91 Å². The molecule has 19 heavy (non-hydrogen) atoms. The molecule has 1 atom stereocenters. The molecule has 0 aliphatic heterocycles. The topological polar surface area (TPSA) is 117 Å². The summed E-state index contributed by atoms with van der Waals surface area (Å²) < 4.78 is 0. The zero-order chi connectivity index (χ0) is 14.4. The number of amides is 1. The Morgan fingerprint density at radius 2 is 2.05 bits per heavy atom. The molecule has 0 aromatic carbocycles. The van der Waals surface area contributed by atoms with Gasteiger partial charge in [-0.1, -0.05) is 0 Å². The number of hydrogen-bond donors (Lipinski definition) is 3. The molecule has 0 saturated heterocycles. The fourth-order valence-corrected chi connectivity index (χ4v) is 1.45. The van der Waals surface area contributed by atoms with Gasteiger partial charge in [-0.15, -0.1) is 0 Å². The van der Waals surface area contributed by atoms with Crippen molar-refractivity contribution in [2.45, 2.75) is 25.8 Å². The third kappa shape index (κ3) is 4.74. The Labute approximate surface area is 109 Å². The van der Waals surface area contributed by atoms with Gasteiger partial charge in [0.2, 0.25) is 0 Å². The van der Waals surface area contributed by atoms with Crippen molar-refractivity contribution in [3.8, 4) is 0 Å². The highest BCUT2D eigenvalue weighted by Gasteiger charge is 2.21. The molecule has 3 N–H and O–H groups in total. The third-order valence-electron chi connectivity index (χ3n) is 2.41. The van der Waals surface area contributed by atoms with Gasteiger partial charge in [-0.05, 0) is 25.5 Å². The van der Waals surface area contributed by atoms with Crippen LogP contribution in [0.25, 0.3) is 0 Å². The summed E-state index contributed by atoms with van der Waals surface area (Å²) in [5.74, 6) is -2.94. The average Bonchev–Trinajstić information content (AvgIpc) is 2.33. The standard InChI is InChI=1S/C12H14N2O5/c1-7-6-8(4-5-13-7)11(17)14-9(12(18)19)2-3-10(15)16/h4-6,9H,2-3H2,1H3,(H,14,17)(H,15,16)(H,18,19). The monoisotopic (exact) mass is 266 g/mol. The van der Waals surface area contributed by atoms with E-state index in [0.717, 1.165) is 0 Å². The summed E-state index contributed by atoms with van der Waals surface area (Å²) in [7, 11) is 0. The normalized spacial score (nSPS) is 11.6. The number of carbonyl (C=O) groups excluding carboxylic acids is 1. The van der Waals surface area contributed by atoms with Crippen LogP contribution in [0.15, 0.2) is 18.3 Å². The van der Waals surface area contributed by atoms with E-state index in [1.165, 1.54) is 18.3 Å². The molecule has 1 aromatic heterocycles. The first-order chi connectivity index (χ1) is 8.90. The molecule has 1 heterocycles. The number of carboxylic acid groups (broad SMARTS) is 2. The number of aromatic nitrogens is 1. The highest BCUT2D eigenvalue weighted by atomic mass is 16.4. The first-order valence-corrected chi connectivity index (χ1v) is 5.58. The van der Waals surface area contributed by atoms with Crippen molar-refractivity contribution in [1.82, 2.24) is 10.3 Å². The van der Waals surface area contributed by atoms with Crippen LogP contribution >= 0.6 is 0 Å². The van der Waals surface area contributed by atoms with E-state index >= 15 is 0 Å². The van der Waals surface area contributed by atoms with E-state index in [1.54, 1.807) is 6.92 Å². The molecule has 1 aromatic rings. The number of nitrogens with one attached hydrogen (secondary N) is 1. The summed E-state index contributed by atoms with van der Waals surface area (Å²) in [5.41, 5.74) is 0.916. The van der Waals surface area contributed by atoms with Crippen molar-refractivity contribution in [1.29, 1.82) is 0 Å². The number of hydrogen-bond acceptors (Lipinski definition) is 4. The second-order valence-corrected chi connectivity index (χ2v) is 3.98. The summed E-state index contributed by atoms with van der Waals surface area (Å²) in [6, 6.07) is 1.75. The molecular weight excluding hydrogens is 252 g/mol. The van der Waals surface area contributed by atoms with Gasteiger partial charge in [-0.2, -0.15) is 0 Å². The van der Waals surface area contributed by atoms with E-state index in [-0.39, 0.29) is 18.4 Å². The number of aliphatic carboxylic acids is 2. The van der Waals surface area contributed by atoms with Crippen LogP contribution in [0.2, 0.25) is 0 Å². The van der Waals surface area contributed by atoms with Crippen molar-refractivity contribution >= 4 is 17.8 Å².